The Morgan fingerprint density at radius 3 is 2.65 bits per heavy atom. The molecule has 0 aliphatic heterocycles. The second kappa shape index (κ2) is 8.35. The van der Waals surface area contributed by atoms with Gasteiger partial charge in [0.15, 0.2) is 11.6 Å². The molecule has 0 radical (unpaired) electrons. The van der Waals surface area contributed by atoms with Crippen molar-refractivity contribution in [3.63, 3.8) is 0 Å². The van der Waals surface area contributed by atoms with E-state index in [-0.39, 0.29) is 5.82 Å². The van der Waals surface area contributed by atoms with Crippen molar-refractivity contribution in [2.75, 3.05) is 7.11 Å². The Bertz CT molecular complexity index is 858. The first-order valence-corrected chi connectivity index (χ1v) is 9.32. The number of halogens is 1. The maximum atomic E-state index is 13.8. The van der Waals surface area contributed by atoms with Gasteiger partial charge < -0.3 is 9.30 Å². The van der Waals surface area contributed by atoms with Crippen LogP contribution in [0.2, 0.25) is 0 Å². The fraction of sp³-hybridized carbons (Fsp3) is 0.409. The minimum Gasteiger partial charge on any atom is -0.494 e. The van der Waals surface area contributed by atoms with Crippen LogP contribution in [0.3, 0.4) is 0 Å². The van der Waals surface area contributed by atoms with Gasteiger partial charge in [-0.3, -0.25) is 0 Å². The van der Waals surface area contributed by atoms with Crippen LogP contribution in [0.5, 0.6) is 5.75 Å². The van der Waals surface area contributed by atoms with Crippen molar-refractivity contribution < 1.29 is 9.13 Å². The van der Waals surface area contributed by atoms with E-state index in [1.807, 2.05) is 18.5 Å². The van der Waals surface area contributed by atoms with E-state index in [1.54, 1.807) is 12.1 Å². The van der Waals surface area contributed by atoms with Gasteiger partial charge in [-0.2, -0.15) is 0 Å². The summed E-state index contributed by atoms with van der Waals surface area (Å²) in [6.07, 6.45) is 6.15. The average Bonchev–Trinajstić information content (AvgIpc) is 3.08. The number of fused-ring (bicyclic) bond motifs is 1. The zero-order chi connectivity index (χ0) is 18.5. The fourth-order valence-electron chi connectivity index (χ4n) is 3.42. The molecule has 0 aliphatic rings. The maximum absolute atomic E-state index is 13.8. The molecule has 26 heavy (non-hydrogen) atoms. The summed E-state index contributed by atoms with van der Waals surface area (Å²) in [5.41, 5.74) is 3.28. The Morgan fingerprint density at radius 2 is 1.88 bits per heavy atom. The molecule has 0 spiro atoms. The average molecular weight is 354 g/mol. The molecule has 2 aromatic carbocycles. The molecule has 3 rings (SSSR count). The topological polar surface area (TPSA) is 27.1 Å². The summed E-state index contributed by atoms with van der Waals surface area (Å²) in [5, 5.41) is 0. The van der Waals surface area contributed by atoms with Gasteiger partial charge in [-0.1, -0.05) is 25.1 Å². The zero-order valence-corrected chi connectivity index (χ0v) is 15.8. The normalized spacial score (nSPS) is 13.7. The summed E-state index contributed by atoms with van der Waals surface area (Å²) in [7, 11) is 1.49. The van der Waals surface area contributed by atoms with Crippen molar-refractivity contribution in [1.82, 2.24) is 9.55 Å². The molecular weight excluding hydrogens is 327 g/mol. The van der Waals surface area contributed by atoms with Gasteiger partial charge >= 0.3 is 0 Å². The summed E-state index contributed by atoms with van der Waals surface area (Å²) in [6.45, 7) is 4.53. The second-order valence-corrected chi connectivity index (χ2v) is 7.18. The number of hydrogen-bond donors (Lipinski definition) is 0. The van der Waals surface area contributed by atoms with Crippen molar-refractivity contribution in [2.45, 2.75) is 45.6 Å². The summed E-state index contributed by atoms with van der Waals surface area (Å²) >= 11 is 0. The minimum atomic E-state index is -0.279. The molecule has 0 saturated carbocycles. The van der Waals surface area contributed by atoms with Gasteiger partial charge in [-0.05, 0) is 68.4 Å². The maximum Gasteiger partial charge on any atom is 0.165 e. The number of imidazole rings is 1. The lowest BCUT2D eigenvalue weighted by atomic mass is 9.95. The van der Waals surface area contributed by atoms with E-state index >= 15 is 0 Å². The van der Waals surface area contributed by atoms with Gasteiger partial charge in [0, 0.05) is 6.04 Å². The van der Waals surface area contributed by atoms with Gasteiger partial charge in [0.2, 0.25) is 0 Å². The standard InChI is InChI=1S/C22H27FN2O/c1-16(9-11-18-12-13-22(26-3)19(23)14-18)8-10-17(2)25-15-24-20-6-4-5-7-21(20)25/h4-7,12-17H,8-11H2,1-3H3. The lowest BCUT2D eigenvalue weighted by molar-refractivity contribution is 0.385. The minimum absolute atomic E-state index is 0.279. The van der Waals surface area contributed by atoms with Gasteiger partial charge in [0.05, 0.1) is 24.5 Å². The van der Waals surface area contributed by atoms with Crippen LogP contribution in [0.25, 0.3) is 11.0 Å². The highest BCUT2D eigenvalue weighted by Gasteiger charge is 2.12. The van der Waals surface area contributed by atoms with Crippen LogP contribution < -0.4 is 4.74 Å². The summed E-state index contributed by atoms with van der Waals surface area (Å²) < 4.78 is 21.0. The van der Waals surface area contributed by atoms with Crippen molar-refractivity contribution in [3.05, 3.63) is 60.2 Å². The Kier molecular flexibility index (Phi) is 5.92. The Morgan fingerprint density at radius 1 is 1.08 bits per heavy atom. The van der Waals surface area contributed by atoms with Gasteiger partial charge in [0.1, 0.15) is 0 Å². The third-order valence-electron chi connectivity index (χ3n) is 5.18. The summed E-state index contributed by atoms with van der Waals surface area (Å²) in [6, 6.07) is 13.9. The molecule has 2 atom stereocenters. The Hall–Kier alpha value is -2.36. The molecule has 4 heteroatoms. The highest BCUT2D eigenvalue weighted by molar-refractivity contribution is 5.75. The highest BCUT2D eigenvalue weighted by Crippen LogP contribution is 2.25. The number of para-hydroxylation sites is 2. The van der Waals surface area contributed by atoms with E-state index in [0.29, 0.717) is 17.7 Å². The van der Waals surface area contributed by atoms with Crippen LogP contribution in [-0.2, 0) is 6.42 Å². The predicted octanol–water partition coefficient (Wildman–Crippen LogP) is 5.79. The number of methoxy groups -OCH3 is 1. The number of aryl methyl sites for hydroxylation is 1. The number of benzene rings is 2. The van der Waals surface area contributed by atoms with Crippen LogP contribution in [0.4, 0.5) is 4.39 Å². The van der Waals surface area contributed by atoms with Crippen LogP contribution in [0.15, 0.2) is 48.8 Å². The Labute approximate surface area is 154 Å². The smallest absolute Gasteiger partial charge is 0.165 e. The number of hydrogen-bond acceptors (Lipinski definition) is 2. The summed E-state index contributed by atoms with van der Waals surface area (Å²) in [4.78, 5) is 4.48. The zero-order valence-electron chi connectivity index (χ0n) is 15.8. The lowest BCUT2D eigenvalue weighted by Crippen LogP contribution is -2.07. The molecule has 0 N–H and O–H groups in total. The first-order valence-electron chi connectivity index (χ1n) is 9.32. The molecular formula is C22H27FN2O. The van der Waals surface area contributed by atoms with Crippen LogP contribution in [0, 0.1) is 11.7 Å². The van der Waals surface area contributed by atoms with Gasteiger partial charge in [0.25, 0.3) is 0 Å². The molecule has 1 aromatic heterocycles. The van der Waals surface area contributed by atoms with E-state index in [1.165, 1.54) is 12.6 Å². The molecule has 2 unspecified atom stereocenters. The Balaban J connectivity index is 1.50. The molecule has 3 aromatic rings. The SMILES string of the molecule is COc1ccc(CCC(C)CCC(C)n2cnc3ccccc32)cc1F. The molecule has 138 valence electrons. The van der Waals surface area contributed by atoms with Crippen molar-refractivity contribution in [2.24, 2.45) is 5.92 Å². The first kappa shape index (κ1) is 18.4. The molecule has 0 fully saturated rings. The van der Waals surface area contributed by atoms with Gasteiger partial charge in [-0.15, -0.1) is 0 Å². The predicted molar refractivity (Wildman–Crippen MR) is 104 cm³/mol. The van der Waals surface area contributed by atoms with E-state index in [4.69, 9.17) is 4.74 Å². The number of nitrogens with zero attached hydrogens (tertiary/aromatic N) is 2. The van der Waals surface area contributed by atoms with Gasteiger partial charge in [-0.25, -0.2) is 9.37 Å². The molecule has 0 amide bonds. The molecule has 1 heterocycles. The molecule has 0 saturated heterocycles. The lowest BCUT2D eigenvalue weighted by Gasteiger charge is -2.18. The van der Waals surface area contributed by atoms with Crippen LogP contribution >= 0.6 is 0 Å². The molecule has 0 bridgehead atoms. The van der Waals surface area contributed by atoms with Crippen molar-refractivity contribution in [1.29, 1.82) is 0 Å². The van der Waals surface area contributed by atoms with Crippen molar-refractivity contribution in [3.8, 4) is 5.75 Å². The monoisotopic (exact) mass is 354 g/mol. The number of aromatic nitrogens is 2. The first-order chi connectivity index (χ1) is 12.6. The number of ether oxygens (including phenoxy) is 1. The third kappa shape index (κ3) is 4.24. The molecule has 3 nitrogen and oxygen atoms in total. The third-order valence-corrected chi connectivity index (χ3v) is 5.18. The largest absolute Gasteiger partial charge is 0.494 e. The van der Waals surface area contributed by atoms with Crippen LogP contribution in [-0.4, -0.2) is 16.7 Å². The second-order valence-electron chi connectivity index (χ2n) is 7.18. The van der Waals surface area contributed by atoms with E-state index in [9.17, 15) is 4.39 Å². The molecule has 0 aliphatic carbocycles. The summed E-state index contributed by atoms with van der Waals surface area (Å²) in [5.74, 6) is 0.624. The van der Waals surface area contributed by atoms with E-state index in [0.717, 1.165) is 36.8 Å². The van der Waals surface area contributed by atoms with E-state index in [2.05, 4.69) is 41.6 Å². The van der Waals surface area contributed by atoms with E-state index < -0.39 is 0 Å². The quantitative estimate of drug-likeness (QED) is 0.511. The van der Waals surface area contributed by atoms with Crippen LogP contribution in [0.1, 0.15) is 44.7 Å². The van der Waals surface area contributed by atoms with Crippen molar-refractivity contribution >= 4 is 11.0 Å². The fourth-order valence-corrected chi connectivity index (χ4v) is 3.42. The number of rotatable bonds is 8. The highest BCUT2D eigenvalue weighted by atomic mass is 19.1.